The molecule has 0 saturated heterocycles. The Labute approximate surface area is 167 Å². The van der Waals surface area contributed by atoms with E-state index in [4.69, 9.17) is 9.26 Å². The molecule has 0 aliphatic heterocycles. The van der Waals surface area contributed by atoms with Crippen LogP contribution in [0.15, 0.2) is 45.6 Å². The number of thiophene rings is 1. The molecule has 1 atom stereocenters. The van der Waals surface area contributed by atoms with Crippen LogP contribution in [0.4, 0.5) is 4.39 Å². The first kappa shape index (κ1) is 18.5. The van der Waals surface area contributed by atoms with E-state index in [0.717, 1.165) is 9.88 Å². The molecular weight excluding hydrogens is 401 g/mol. The average molecular weight is 415 g/mol. The molecule has 4 rings (SSSR count). The number of thiazole rings is 1. The highest BCUT2D eigenvalue weighted by molar-refractivity contribution is 7.20. The Hall–Kier alpha value is -2.91. The van der Waals surface area contributed by atoms with Crippen LogP contribution in [-0.4, -0.2) is 21.1 Å². The summed E-state index contributed by atoms with van der Waals surface area (Å²) in [4.78, 5) is 21.9. The Kier molecular flexibility index (Phi) is 5.01. The maximum Gasteiger partial charge on any atom is 0.358 e. The molecule has 0 saturated carbocycles. The van der Waals surface area contributed by atoms with Gasteiger partial charge >= 0.3 is 5.97 Å². The van der Waals surface area contributed by atoms with E-state index in [1.165, 1.54) is 17.4 Å². The summed E-state index contributed by atoms with van der Waals surface area (Å²) in [7, 11) is 0. The zero-order valence-electron chi connectivity index (χ0n) is 14.9. The number of ether oxygens (including phenoxy) is 1. The standard InChI is InChI=1S/C19H14FN3O3S2/c1-10-5-6-12(8-13(10)20)16-22-17(26-23-16)11(2)25-19(24)14-9-28-18(21-14)15-4-3-7-27-15/h3-9,11H,1-2H3. The van der Waals surface area contributed by atoms with E-state index in [9.17, 15) is 9.18 Å². The van der Waals surface area contributed by atoms with Crippen LogP contribution >= 0.6 is 22.7 Å². The van der Waals surface area contributed by atoms with Gasteiger partial charge in [0.05, 0.1) is 4.88 Å². The number of hydrogen-bond acceptors (Lipinski definition) is 8. The number of hydrogen-bond donors (Lipinski definition) is 0. The van der Waals surface area contributed by atoms with Crippen LogP contribution in [0, 0.1) is 12.7 Å². The lowest BCUT2D eigenvalue weighted by Crippen LogP contribution is -2.10. The molecule has 0 N–H and O–H groups in total. The first-order valence-electron chi connectivity index (χ1n) is 8.32. The second-order valence-corrected chi connectivity index (χ2v) is 7.79. The molecule has 0 radical (unpaired) electrons. The molecule has 142 valence electrons. The quantitative estimate of drug-likeness (QED) is 0.412. The molecule has 0 fully saturated rings. The number of carbonyl (C=O) groups is 1. The van der Waals surface area contributed by atoms with Gasteiger partial charge < -0.3 is 9.26 Å². The van der Waals surface area contributed by atoms with Crippen molar-refractivity contribution < 1.29 is 18.4 Å². The van der Waals surface area contributed by atoms with Crippen LogP contribution in [-0.2, 0) is 4.74 Å². The Morgan fingerprint density at radius 2 is 2.11 bits per heavy atom. The van der Waals surface area contributed by atoms with Crippen molar-refractivity contribution in [3.63, 3.8) is 0 Å². The molecule has 6 nitrogen and oxygen atoms in total. The average Bonchev–Trinajstić information content (AvgIpc) is 3.44. The summed E-state index contributed by atoms with van der Waals surface area (Å²) in [6.45, 7) is 3.29. The van der Waals surface area contributed by atoms with Crippen molar-refractivity contribution in [2.24, 2.45) is 0 Å². The summed E-state index contributed by atoms with van der Waals surface area (Å²) in [5.41, 5.74) is 1.23. The minimum absolute atomic E-state index is 0.123. The van der Waals surface area contributed by atoms with E-state index in [2.05, 4.69) is 15.1 Å². The lowest BCUT2D eigenvalue weighted by molar-refractivity contribution is 0.0259. The van der Waals surface area contributed by atoms with Crippen LogP contribution in [0.3, 0.4) is 0 Å². The van der Waals surface area contributed by atoms with Crippen molar-refractivity contribution in [1.82, 2.24) is 15.1 Å². The summed E-state index contributed by atoms with van der Waals surface area (Å²) < 4.78 is 24.3. The molecule has 4 aromatic rings. The number of halogens is 1. The predicted octanol–water partition coefficient (Wildman–Crippen LogP) is 5.29. The van der Waals surface area contributed by atoms with Gasteiger partial charge in [-0.05, 0) is 36.9 Å². The Balaban J connectivity index is 1.46. The van der Waals surface area contributed by atoms with Gasteiger partial charge in [-0.2, -0.15) is 4.98 Å². The van der Waals surface area contributed by atoms with E-state index in [0.29, 0.717) is 11.1 Å². The minimum atomic E-state index is -0.768. The highest BCUT2D eigenvalue weighted by atomic mass is 32.1. The SMILES string of the molecule is Cc1ccc(-c2noc(C(C)OC(=O)c3csc(-c4cccs4)n3)n2)cc1F. The third-order valence-corrected chi connectivity index (χ3v) is 5.83. The number of benzene rings is 1. The van der Waals surface area contributed by atoms with Gasteiger partial charge in [-0.3, -0.25) is 0 Å². The molecule has 0 aliphatic rings. The highest BCUT2D eigenvalue weighted by Crippen LogP contribution is 2.29. The molecular formula is C19H14FN3O3S2. The third kappa shape index (κ3) is 3.71. The maximum atomic E-state index is 13.7. The second-order valence-electron chi connectivity index (χ2n) is 5.98. The normalized spacial score (nSPS) is 12.1. The first-order valence-corrected chi connectivity index (χ1v) is 10.1. The number of nitrogens with zero attached hydrogens (tertiary/aromatic N) is 3. The Morgan fingerprint density at radius 1 is 1.25 bits per heavy atom. The van der Waals surface area contributed by atoms with Gasteiger partial charge in [-0.25, -0.2) is 14.2 Å². The molecule has 0 spiro atoms. The topological polar surface area (TPSA) is 78.1 Å². The van der Waals surface area contributed by atoms with Crippen LogP contribution in [0.25, 0.3) is 21.3 Å². The smallest absolute Gasteiger partial charge is 0.358 e. The van der Waals surface area contributed by atoms with E-state index in [1.807, 2.05) is 17.5 Å². The number of aryl methyl sites for hydroxylation is 1. The largest absolute Gasteiger partial charge is 0.448 e. The van der Waals surface area contributed by atoms with E-state index < -0.39 is 12.1 Å². The first-order chi connectivity index (χ1) is 13.5. The van der Waals surface area contributed by atoms with Crippen molar-refractivity contribution >= 4 is 28.6 Å². The van der Waals surface area contributed by atoms with Crippen molar-refractivity contribution in [3.05, 3.63) is 64.1 Å². The van der Waals surface area contributed by atoms with Gasteiger partial charge in [0, 0.05) is 10.9 Å². The Bertz CT molecular complexity index is 1120. The lowest BCUT2D eigenvalue weighted by atomic mass is 10.1. The van der Waals surface area contributed by atoms with E-state index in [1.54, 1.807) is 42.7 Å². The fraction of sp³-hybridized carbons (Fsp3) is 0.158. The zero-order valence-corrected chi connectivity index (χ0v) is 16.5. The molecule has 3 heterocycles. The zero-order chi connectivity index (χ0) is 19.7. The lowest BCUT2D eigenvalue weighted by Gasteiger charge is -2.07. The predicted molar refractivity (Wildman–Crippen MR) is 104 cm³/mol. The third-order valence-electron chi connectivity index (χ3n) is 3.95. The van der Waals surface area contributed by atoms with Crippen molar-refractivity contribution in [3.8, 4) is 21.3 Å². The molecule has 1 unspecified atom stereocenters. The van der Waals surface area contributed by atoms with Crippen LogP contribution < -0.4 is 0 Å². The maximum absolute atomic E-state index is 13.7. The van der Waals surface area contributed by atoms with Gasteiger partial charge in [-0.15, -0.1) is 22.7 Å². The van der Waals surface area contributed by atoms with Gasteiger partial charge in [0.1, 0.15) is 10.8 Å². The minimum Gasteiger partial charge on any atom is -0.448 e. The van der Waals surface area contributed by atoms with Crippen LogP contribution in [0.5, 0.6) is 0 Å². The fourth-order valence-corrected chi connectivity index (χ4v) is 4.01. The highest BCUT2D eigenvalue weighted by Gasteiger charge is 2.22. The summed E-state index contributed by atoms with van der Waals surface area (Å²) in [5, 5.41) is 8.20. The molecule has 28 heavy (non-hydrogen) atoms. The van der Waals surface area contributed by atoms with Gasteiger partial charge in [0.2, 0.25) is 5.82 Å². The second kappa shape index (κ2) is 7.61. The Morgan fingerprint density at radius 3 is 2.86 bits per heavy atom. The summed E-state index contributed by atoms with van der Waals surface area (Å²) in [6.07, 6.45) is -0.768. The molecule has 0 amide bonds. The van der Waals surface area contributed by atoms with Gasteiger partial charge in [0.25, 0.3) is 5.89 Å². The number of aromatic nitrogens is 3. The van der Waals surface area contributed by atoms with Crippen LogP contribution in [0.1, 0.15) is 35.0 Å². The molecule has 0 aliphatic carbocycles. The summed E-state index contributed by atoms with van der Waals surface area (Å²) in [6, 6.07) is 8.54. The molecule has 9 heteroatoms. The summed E-state index contributed by atoms with van der Waals surface area (Å²) in [5.74, 6) is -0.579. The number of rotatable bonds is 5. The van der Waals surface area contributed by atoms with Crippen molar-refractivity contribution in [1.29, 1.82) is 0 Å². The van der Waals surface area contributed by atoms with Crippen molar-refractivity contribution in [2.45, 2.75) is 20.0 Å². The number of carbonyl (C=O) groups excluding carboxylic acids is 1. The molecule has 3 aromatic heterocycles. The fourth-order valence-electron chi connectivity index (χ4n) is 2.40. The summed E-state index contributed by atoms with van der Waals surface area (Å²) >= 11 is 2.92. The van der Waals surface area contributed by atoms with Crippen molar-refractivity contribution in [2.75, 3.05) is 0 Å². The molecule has 1 aromatic carbocycles. The number of esters is 1. The van der Waals surface area contributed by atoms with Crippen LogP contribution in [0.2, 0.25) is 0 Å². The van der Waals surface area contributed by atoms with Gasteiger partial charge in [0.15, 0.2) is 11.8 Å². The van der Waals surface area contributed by atoms with E-state index in [-0.39, 0.29) is 23.2 Å². The van der Waals surface area contributed by atoms with Gasteiger partial charge in [-0.1, -0.05) is 23.4 Å². The monoisotopic (exact) mass is 415 g/mol. The molecule has 0 bridgehead atoms. The van der Waals surface area contributed by atoms with E-state index >= 15 is 0 Å².